The number of carbonyl (C=O) groups excluding carboxylic acids is 1. The molecule has 2 aliphatic heterocycles. The second-order valence-corrected chi connectivity index (χ2v) is 9.25. The van der Waals surface area contributed by atoms with Gasteiger partial charge in [0.15, 0.2) is 0 Å². The second-order valence-electron chi connectivity index (χ2n) is 9.25. The van der Waals surface area contributed by atoms with Crippen LogP contribution in [0, 0.1) is 6.92 Å². The number of alkyl halides is 5. The van der Waals surface area contributed by atoms with Crippen molar-refractivity contribution < 1.29 is 31.5 Å². The molecule has 0 spiro atoms. The Kier molecular flexibility index (Phi) is 7.41. The quantitative estimate of drug-likeness (QED) is 0.422. The largest absolute Gasteiger partial charge is 0.458 e. The van der Waals surface area contributed by atoms with Gasteiger partial charge in [-0.05, 0) is 37.5 Å². The number of nitrogens with zero attached hydrogens (tertiary/aromatic N) is 4. The number of carbonyl (C=O) groups is 1. The van der Waals surface area contributed by atoms with Crippen LogP contribution in [0.3, 0.4) is 0 Å². The van der Waals surface area contributed by atoms with E-state index in [9.17, 15) is 31.5 Å². The predicted molar refractivity (Wildman–Crippen MR) is 129 cm³/mol. The van der Waals surface area contributed by atoms with Crippen LogP contribution in [0.15, 0.2) is 53.7 Å². The molecule has 3 aromatic rings. The number of ether oxygens (including phenoxy) is 1. The molecule has 0 saturated carbocycles. The molecular weight excluding hydrogens is 535 g/mol. The van der Waals surface area contributed by atoms with Crippen molar-refractivity contribution in [3.8, 4) is 5.69 Å². The molecule has 5 rings (SSSR count). The third-order valence-corrected chi connectivity index (χ3v) is 6.78. The van der Waals surface area contributed by atoms with Gasteiger partial charge in [0.05, 0.1) is 24.2 Å². The highest BCUT2D eigenvalue weighted by molar-refractivity contribution is 5.93. The fourth-order valence-electron chi connectivity index (χ4n) is 4.79. The van der Waals surface area contributed by atoms with Gasteiger partial charge < -0.3 is 18.8 Å². The highest BCUT2D eigenvalue weighted by Crippen LogP contribution is 2.44. The first-order valence-corrected chi connectivity index (χ1v) is 11.7. The Hall–Kier alpha value is -3.25. The molecule has 2 aliphatic rings. The molecule has 2 aromatic heterocycles. The van der Waals surface area contributed by atoms with Crippen molar-refractivity contribution in [2.24, 2.45) is 0 Å². The first kappa shape index (κ1) is 27.8. The number of hydrogen-bond acceptors (Lipinski definition) is 4. The summed E-state index contributed by atoms with van der Waals surface area (Å²) in [4.78, 5) is 31.8. The molecule has 0 radical (unpaired) electrons. The zero-order chi connectivity index (χ0) is 26.5. The summed E-state index contributed by atoms with van der Waals surface area (Å²) in [7, 11) is 0. The normalized spacial score (nSPS) is 19.8. The number of hydrogen-bond donors (Lipinski definition) is 0. The van der Waals surface area contributed by atoms with Gasteiger partial charge in [-0.1, -0.05) is 24.3 Å². The van der Waals surface area contributed by atoms with Crippen LogP contribution in [0.1, 0.15) is 46.3 Å². The number of fused-ring (bicyclic) bond motifs is 1. The lowest BCUT2D eigenvalue weighted by atomic mass is 10.0. The van der Waals surface area contributed by atoms with Crippen molar-refractivity contribution in [2.45, 2.75) is 50.6 Å². The Bertz CT molecular complexity index is 1390. The third-order valence-electron chi connectivity index (χ3n) is 6.78. The highest BCUT2D eigenvalue weighted by Gasteiger charge is 2.58. The van der Waals surface area contributed by atoms with Crippen LogP contribution in [-0.2, 0) is 17.2 Å². The van der Waals surface area contributed by atoms with Crippen LogP contribution in [0.4, 0.5) is 22.0 Å². The number of pyridine rings is 1. The fraction of sp³-hybridized carbons (Fsp3) is 0.400. The van der Waals surface area contributed by atoms with E-state index in [0.717, 1.165) is 17.8 Å². The number of amides is 1. The van der Waals surface area contributed by atoms with Crippen molar-refractivity contribution >= 4 is 18.3 Å². The Balaban J connectivity index is 0.00000336. The molecule has 2 atom stereocenters. The molecule has 7 nitrogen and oxygen atoms in total. The van der Waals surface area contributed by atoms with Gasteiger partial charge in [-0.2, -0.15) is 22.0 Å². The summed E-state index contributed by atoms with van der Waals surface area (Å²) in [5.74, 6) is -5.24. The molecule has 1 saturated heterocycles. The van der Waals surface area contributed by atoms with Gasteiger partial charge in [0.2, 0.25) is 0 Å². The van der Waals surface area contributed by atoms with Gasteiger partial charge in [-0.25, -0.2) is 4.98 Å². The van der Waals surface area contributed by atoms with E-state index < -0.39 is 23.8 Å². The van der Waals surface area contributed by atoms with Gasteiger partial charge in [-0.3, -0.25) is 9.59 Å². The van der Waals surface area contributed by atoms with Crippen molar-refractivity contribution in [2.75, 3.05) is 13.1 Å². The standard InChI is InChI=1S/C25H23F5N4O3.ClH/c1-15-12-33(14-31-15)19-7-8-20-22(35)32(10-11-34(20)23(19)36)13-18-6-9-21(37-18)16-2-4-17(5-3-16)24(26,27)25(28,29)30;/h2-5,7-8,12,14,18,21H,6,9-11,13H2,1H3;1H/t18-,21+;/m0./s1. The first-order chi connectivity index (χ1) is 17.5. The molecule has 0 unspecified atom stereocenters. The molecule has 204 valence electrons. The Morgan fingerprint density at radius 3 is 2.34 bits per heavy atom. The lowest BCUT2D eigenvalue weighted by molar-refractivity contribution is -0.289. The maximum atomic E-state index is 13.6. The SMILES string of the molecule is Cc1cn(-c2ccc3n(c2=O)CCN(C[C@@H]2CC[C@H](c4ccc(C(F)(F)C(F)(F)F)cc4)O2)C3=O)cn1.Cl. The molecule has 1 aromatic carbocycles. The van der Waals surface area contributed by atoms with Crippen LogP contribution in [-0.4, -0.2) is 50.3 Å². The lowest BCUT2D eigenvalue weighted by Crippen LogP contribution is -2.47. The summed E-state index contributed by atoms with van der Waals surface area (Å²) in [6.07, 6.45) is -2.10. The van der Waals surface area contributed by atoms with Gasteiger partial charge in [0, 0.05) is 31.4 Å². The number of benzene rings is 1. The molecule has 1 amide bonds. The monoisotopic (exact) mass is 558 g/mol. The summed E-state index contributed by atoms with van der Waals surface area (Å²) in [6, 6.07) is 7.16. The summed E-state index contributed by atoms with van der Waals surface area (Å²) in [5.41, 5.74) is 0.499. The van der Waals surface area contributed by atoms with Crippen molar-refractivity contribution in [1.29, 1.82) is 0 Å². The molecule has 38 heavy (non-hydrogen) atoms. The second kappa shape index (κ2) is 10.1. The average molecular weight is 559 g/mol. The Morgan fingerprint density at radius 1 is 1.00 bits per heavy atom. The summed E-state index contributed by atoms with van der Waals surface area (Å²) >= 11 is 0. The maximum Gasteiger partial charge on any atom is 0.458 e. The topological polar surface area (TPSA) is 69.4 Å². The minimum Gasteiger partial charge on any atom is -0.368 e. The van der Waals surface area contributed by atoms with E-state index >= 15 is 0 Å². The molecule has 0 aliphatic carbocycles. The molecule has 4 heterocycles. The number of aromatic nitrogens is 3. The van der Waals surface area contributed by atoms with Crippen LogP contribution in [0.25, 0.3) is 5.69 Å². The number of imidazole rings is 1. The minimum atomic E-state index is -5.67. The van der Waals surface area contributed by atoms with E-state index in [4.69, 9.17) is 4.74 Å². The van der Waals surface area contributed by atoms with E-state index in [0.29, 0.717) is 37.2 Å². The van der Waals surface area contributed by atoms with E-state index in [1.54, 1.807) is 34.1 Å². The van der Waals surface area contributed by atoms with E-state index in [1.807, 2.05) is 6.92 Å². The molecule has 0 N–H and O–H groups in total. The smallest absolute Gasteiger partial charge is 0.368 e. The molecular formula is C25H24ClF5N4O3. The highest BCUT2D eigenvalue weighted by atomic mass is 35.5. The van der Waals surface area contributed by atoms with Gasteiger partial charge in [-0.15, -0.1) is 12.4 Å². The predicted octanol–water partition coefficient (Wildman–Crippen LogP) is 4.79. The Morgan fingerprint density at radius 2 is 1.71 bits per heavy atom. The Labute approximate surface area is 220 Å². The number of aryl methyl sites for hydroxylation is 1. The summed E-state index contributed by atoms with van der Waals surface area (Å²) in [6.45, 7) is 2.71. The average Bonchev–Trinajstić information content (AvgIpc) is 3.50. The fourth-order valence-corrected chi connectivity index (χ4v) is 4.79. The molecule has 1 fully saturated rings. The third kappa shape index (κ3) is 4.94. The van der Waals surface area contributed by atoms with Crippen molar-refractivity contribution in [3.63, 3.8) is 0 Å². The van der Waals surface area contributed by atoms with Crippen LogP contribution in [0.5, 0.6) is 0 Å². The minimum absolute atomic E-state index is 0. The number of halogens is 6. The van der Waals surface area contributed by atoms with Gasteiger partial charge >= 0.3 is 12.1 Å². The lowest BCUT2D eigenvalue weighted by Gasteiger charge is -2.31. The van der Waals surface area contributed by atoms with E-state index in [-0.39, 0.29) is 42.2 Å². The van der Waals surface area contributed by atoms with Crippen molar-refractivity contribution in [3.05, 3.63) is 81.8 Å². The van der Waals surface area contributed by atoms with Gasteiger partial charge in [0.1, 0.15) is 11.4 Å². The number of rotatable bonds is 5. The molecule has 13 heteroatoms. The maximum absolute atomic E-state index is 13.6. The van der Waals surface area contributed by atoms with Crippen LogP contribution in [0.2, 0.25) is 0 Å². The molecule has 0 bridgehead atoms. The van der Waals surface area contributed by atoms with E-state index in [2.05, 4.69) is 4.98 Å². The first-order valence-electron chi connectivity index (χ1n) is 11.7. The van der Waals surface area contributed by atoms with Gasteiger partial charge in [0.25, 0.3) is 11.5 Å². The zero-order valence-corrected chi connectivity index (χ0v) is 20.9. The van der Waals surface area contributed by atoms with Crippen molar-refractivity contribution in [1.82, 2.24) is 19.0 Å². The van der Waals surface area contributed by atoms with Crippen LogP contribution < -0.4 is 5.56 Å². The van der Waals surface area contributed by atoms with E-state index in [1.165, 1.54) is 16.7 Å². The summed E-state index contributed by atoms with van der Waals surface area (Å²) in [5, 5.41) is 0. The van der Waals surface area contributed by atoms with Crippen LogP contribution >= 0.6 is 12.4 Å². The zero-order valence-electron chi connectivity index (χ0n) is 20.1. The summed E-state index contributed by atoms with van der Waals surface area (Å²) < 4.78 is 74.0.